The summed E-state index contributed by atoms with van der Waals surface area (Å²) in [6, 6.07) is 10.3. The van der Waals surface area contributed by atoms with Crippen LogP contribution in [0.5, 0.6) is 0 Å². The number of nitrogens with zero attached hydrogens (tertiary/aromatic N) is 1. The molecule has 126 valence electrons. The zero-order chi connectivity index (χ0) is 17.1. The van der Waals surface area contributed by atoms with Crippen LogP contribution in [0.15, 0.2) is 45.5 Å². The Hall–Kier alpha value is -2.12. The number of amides is 2. The average Bonchev–Trinajstić information content (AvgIpc) is 3.02. The third-order valence-corrected chi connectivity index (χ3v) is 4.38. The molecule has 1 aliphatic rings. The van der Waals surface area contributed by atoms with Crippen LogP contribution in [0.1, 0.15) is 27.8 Å². The number of anilines is 1. The van der Waals surface area contributed by atoms with E-state index in [4.69, 9.17) is 4.42 Å². The normalized spacial score (nSPS) is 17.6. The van der Waals surface area contributed by atoms with Crippen LogP contribution in [-0.2, 0) is 0 Å². The van der Waals surface area contributed by atoms with E-state index in [1.165, 1.54) is 0 Å². The van der Waals surface area contributed by atoms with Gasteiger partial charge in [-0.25, -0.2) is 0 Å². The molecule has 0 radical (unpaired) electrons. The maximum absolute atomic E-state index is 12.6. The molecule has 1 saturated heterocycles. The van der Waals surface area contributed by atoms with Gasteiger partial charge in [0.2, 0.25) is 0 Å². The van der Waals surface area contributed by atoms with Gasteiger partial charge in [0.15, 0.2) is 10.4 Å². The van der Waals surface area contributed by atoms with Crippen LogP contribution >= 0.6 is 15.9 Å². The lowest BCUT2D eigenvalue weighted by molar-refractivity contribution is 0.0655. The number of piperazine rings is 1. The predicted octanol–water partition coefficient (Wildman–Crippen LogP) is 2.73. The fraction of sp³-hybridized carbons (Fsp3) is 0.294. The first-order chi connectivity index (χ1) is 11.5. The molecule has 1 aliphatic heterocycles. The first-order valence-corrected chi connectivity index (χ1v) is 8.52. The van der Waals surface area contributed by atoms with Gasteiger partial charge in [-0.1, -0.05) is 0 Å². The summed E-state index contributed by atoms with van der Waals surface area (Å²) in [5.74, 6) is -0.107. The maximum Gasteiger partial charge on any atom is 0.291 e. The molecule has 24 heavy (non-hydrogen) atoms. The molecular weight excluding hydrogens is 374 g/mol. The third kappa shape index (κ3) is 3.68. The highest BCUT2D eigenvalue weighted by atomic mass is 79.9. The molecule has 0 saturated carbocycles. The number of benzene rings is 1. The van der Waals surface area contributed by atoms with Crippen molar-refractivity contribution in [1.29, 1.82) is 0 Å². The smallest absolute Gasteiger partial charge is 0.291 e. The molecule has 1 atom stereocenters. The number of rotatable bonds is 3. The lowest BCUT2D eigenvalue weighted by Gasteiger charge is -2.34. The fourth-order valence-corrected chi connectivity index (χ4v) is 2.94. The first-order valence-electron chi connectivity index (χ1n) is 7.73. The number of carbonyl (C=O) groups excluding carboxylic acids is 2. The van der Waals surface area contributed by atoms with Crippen LogP contribution in [0.2, 0.25) is 0 Å². The molecule has 3 rings (SSSR count). The summed E-state index contributed by atoms with van der Waals surface area (Å²) in [5.41, 5.74) is 1.22. The highest BCUT2D eigenvalue weighted by Gasteiger charge is 2.23. The van der Waals surface area contributed by atoms with Crippen molar-refractivity contribution in [2.75, 3.05) is 25.0 Å². The van der Waals surface area contributed by atoms with Crippen LogP contribution < -0.4 is 10.6 Å². The second kappa shape index (κ2) is 7.19. The fourth-order valence-electron chi connectivity index (χ4n) is 2.63. The molecule has 1 aromatic carbocycles. The van der Waals surface area contributed by atoms with E-state index in [9.17, 15) is 9.59 Å². The van der Waals surface area contributed by atoms with E-state index in [1.807, 2.05) is 11.8 Å². The van der Waals surface area contributed by atoms with E-state index in [0.717, 1.165) is 13.1 Å². The topological polar surface area (TPSA) is 74.6 Å². The monoisotopic (exact) mass is 391 g/mol. The Kier molecular flexibility index (Phi) is 5.01. The zero-order valence-electron chi connectivity index (χ0n) is 13.2. The average molecular weight is 392 g/mol. The van der Waals surface area contributed by atoms with Gasteiger partial charge in [0.25, 0.3) is 11.8 Å². The molecule has 0 aliphatic carbocycles. The predicted molar refractivity (Wildman–Crippen MR) is 94.2 cm³/mol. The highest BCUT2D eigenvalue weighted by Crippen LogP contribution is 2.17. The quantitative estimate of drug-likeness (QED) is 0.843. The van der Waals surface area contributed by atoms with Gasteiger partial charge in [-0.05, 0) is 59.3 Å². The Morgan fingerprint density at radius 1 is 1.25 bits per heavy atom. The summed E-state index contributed by atoms with van der Waals surface area (Å²) in [6.45, 7) is 4.34. The summed E-state index contributed by atoms with van der Waals surface area (Å²) in [6.07, 6.45) is 0. The molecule has 6 nitrogen and oxygen atoms in total. The second-order valence-corrected chi connectivity index (χ2v) is 6.47. The summed E-state index contributed by atoms with van der Waals surface area (Å²) in [5, 5.41) is 6.00. The summed E-state index contributed by atoms with van der Waals surface area (Å²) < 4.78 is 5.71. The van der Waals surface area contributed by atoms with Gasteiger partial charge < -0.3 is 20.0 Å². The van der Waals surface area contributed by atoms with Gasteiger partial charge in [0.1, 0.15) is 0 Å². The Labute approximate surface area is 148 Å². The molecule has 2 heterocycles. The van der Waals surface area contributed by atoms with Crippen molar-refractivity contribution in [1.82, 2.24) is 10.2 Å². The highest BCUT2D eigenvalue weighted by molar-refractivity contribution is 9.10. The number of nitrogens with one attached hydrogen (secondary N) is 2. The molecule has 2 aromatic rings. The van der Waals surface area contributed by atoms with E-state index in [2.05, 4.69) is 26.6 Å². The van der Waals surface area contributed by atoms with Crippen LogP contribution in [0.3, 0.4) is 0 Å². The van der Waals surface area contributed by atoms with Crippen LogP contribution in [-0.4, -0.2) is 42.4 Å². The molecule has 2 N–H and O–H groups in total. The lowest BCUT2D eigenvalue weighted by atomic mass is 10.1. The second-order valence-electron chi connectivity index (χ2n) is 5.69. The minimum Gasteiger partial charge on any atom is -0.444 e. The van der Waals surface area contributed by atoms with E-state index in [0.29, 0.717) is 22.5 Å². The van der Waals surface area contributed by atoms with E-state index in [1.54, 1.807) is 36.4 Å². The third-order valence-electron chi connectivity index (χ3n) is 3.95. The molecule has 1 fully saturated rings. The standard InChI is InChI=1S/C17H18BrN3O3/c1-11-10-19-8-9-21(11)17(23)12-2-4-13(5-3-12)20-16(22)14-6-7-15(18)24-14/h2-7,11,19H,8-10H2,1H3,(H,20,22)/t11-/m0/s1. The van der Waals surface area contributed by atoms with E-state index in [-0.39, 0.29) is 23.6 Å². The van der Waals surface area contributed by atoms with Crippen molar-refractivity contribution < 1.29 is 14.0 Å². The SMILES string of the molecule is C[C@H]1CNCCN1C(=O)c1ccc(NC(=O)c2ccc(Br)o2)cc1. The number of hydrogen-bond donors (Lipinski definition) is 2. The van der Waals surface area contributed by atoms with Crippen molar-refractivity contribution in [3.8, 4) is 0 Å². The Morgan fingerprint density at radius 3 is 2.62 bits per heavy atom. The van der Waals surface area contributed by atoms with Crippen molar-refractivity contribution in [3.05, 3.63) is 52.4 Å². The van der Waals surface area contributed by atoms with Crippen molar-refractivity contribution in [2.24, 2.45) is 0 Å². The first kappa shape index (κ1) is 16.7. The molecule has 1 aromatic heterocycles. The van der Waals surface area contributed by atoms with Crippen molar-refractivity contribution >= 4 is 33.4 Å². The van der Waals surface area contributed by atoms with Crippen LogP contribution in [0.25, 0.3) is 0 Å². The number of furan rings is 1. The largest absolute Gasteiger partial charge is 0.444 e. The summed E-state index contributed by atoms with van der Waals surface area (Å²) in [7, 11) is 0. The molecular formula is C17H18BrN3O3. The number of halogens is 1. The van der Waals surface area contributed by atoms with Gasteiger partial charge in [0.05, 0.1) is 0 Å². The minimum absolute atomic E-state index is 0.0110. The Bertz CT molecular complexity index is 742. The molecule has 7 heteroatoms. The van der Waals surface area contributed by atoms with Gasteiger partial charge in [-0.15, -0.1) is 0 Å². The van der Waals surface area contributed by atoms with E-state index < -0.39 is 0 Å². The van der Waals surface area contributed by atoms with Gasteiger partial charge >= 0.3 is 0 Å². The van der Waals surface area contributed by atoms with E-state index >= 15 is 0 Å². The molecule has 0 unspecified atom stereocenters. The van der Waals surface area contributed by atoms with Crippen LogP contribution in [0, 0.1) is 0 Å². The van der Waals surface area contributed by atoms with Crippen molar-refractivity contribution in [2.45, 2.75) is 13.0 Å². The zero-order valence-corrected chi connectivity index (χ0v) is 14.8. The molecule has 2 amide bonds. The summed E-state index contributed by atoms with van der Waals surface area (Å²) >= 11 is 3.16. The lowest BCUT2D eigenvalue weighted by Crippen LogP contribution is -2.52. The maximum atomic E-state index is 12.6. The summed E-state index contributed by atoms with van der Waals surface area (Å²) in [4.78, 5) is 26.5. The van der Waals surface area contributed by atoms with Gasteiger partial charge in [-0.2, -0.15) is 0 Å². The van der Waals surface area contributed by atoms with Crippen LogP contribution in [0.4, 0.5) is 5.69 Å². The number of carbonyl (C=O) groups is 2. The Balaban J connectivity index is 1.66. The molecule has 0 spiro atoms. The Morgan fingerprint density at radius 2 is 2.00 bits per heavy atom. The van der Waals surface area contributed by atoms with Gasteiger partial charge in [-0.3, -0.25) is 9.59 Å². The minimum atomic E-state index is -0.337. The number of hydrogen-bond acceptors (Lipinski definition) is 4. The van der Waals surface area contributed by atoms with Crippen molar-refractivity contribution in [3.63, 3.8) is 0 Å². The van der Waals surface area contributed by atoms with Gasteiger partial charge in [0, 0.05) is 36.9 Å². The molecule has 0 bridgehead atoms.